The van der Waals surface area contributed by atoms with Crippen LogP contribution in [0.5, 0.6) is 0 Å². The number of benzene rings is 1. The molecule has 1 heterocycles. The summed E-state index contributed by atoms with van der Waals surface area (Å²) in [7, 11) is 0. The van der Waals surface area contributed by atoms with Crippen LogP contribution < -0.4 is 5.32 Å². The van der Waals surface area contributed by atoms with Gasteiger partial charge in [0.1, 0.15) is 12.7 Å². The zero-order valence-electron chi connectivity index (χ0n) is 11.6. The lowest BCUT2D eigenvalue weighted by Gasteiger charge is -2.26. The van der Waals surface area contributed by atoms with E-state index in [1.165, 1.54) is 0 Å². The Balaban J connectivity index is 1.90. The molecule has 110 valence electrons. The lowest BCUT2D eigenvalue weighted by molar-refractivity contribution is -0.0623. The molecule has 5 heteroatoms. The average Bonchev–Trinajstić information content (AvgIpc) is 2.90. The highest BCUT2D eigenvalue weighted by atomic mass is 16.6. The molecule has 0 aromatic heterocycles. The van der Waals surface area contributed by atoms with Crippen molar-refractivity contribution in [1.82, 2.24) is 5.32 Å². The first kappa shape index (κ1) is 14.8. The van der Waals surface area contributed by atoms with Crippen molar-refractivity contribution in [3.05, 3.63) is 35.9 Å². The van der Waals surface area contributed by atoms with Gasteiger partial charge in [0.25, 0.3) is 0 Å². The summed E-state index contributed by atoms with van der Waals surface area (Å²) in [5.41, 5.74) is 1.06. The third-order valence-electron chi connectivity index (χ3n) is 3.37. The van der Waals surface area contributed by atoms with Crippen LogP contribution in [0.1, 0.15) is 25.3 Å². The standard InChI is InChI=1S/C15H21NO4/c1-2-6-13(14(17)12-10-20-15(18)16-12)19-9-11-7-4-3-5-8-11/h3-5,7-8,12-14,17H,2,6,9-10H2,1H3,(H,16,18)/t12-,13+,14-/m0/s1. The van der Waals surface area contributed by atoms with E-state index in [1.54, 1.807) is 0 Å². The molecule has 0 aliphatic carbocycles. The minimum Gasteiger partial charge on any atom is -0.447 e. The number of carbonyl (C=O) groups is 1. The van der Waals surface area contributed by atoms with Gasteiger partial charge in [-0.3, -0.25) is 0 Å². The molecule has 1 saturated heterocycles. The number of ether oxygens (including phenoxy) is 2. The molecular formula is C15H21NO4. The van der Waals surface area contributed by atoms with Crippen molar-refractivity contribution in [2.24, 2.45) is 0 Å². The predicted octanol–water partition coefficient (Wildman–Crippen LogP) is 1.84. The van der Waals surface area contributed by atoms with Crippen LogP contribution in [-0.4, -0.2) is 36.1 Å². The van der Waals surface area contributed by atoms with Crippen molar-refractivity contribution in [3.63, 3.8) is 0 Å². The molecule has 3 atom stereocenters. The average molecular weight is 279 g/mol. The van der Waals surface area contributed by atoms with Crippen molar-refractivity contribution in [1.29, 1.82) is 0 Å². The first-order chi connectivity index (χ1) is 9.70. The smallest absolute Gasteiger partial charge is 0.407 e. The summed E-state index contributed by atoms with van der Waals surface area (Å²) in [6.45, 7) is 2.67. The van der Waals surface area contributed by atoms with E-state index < -0.39 is 18.2 Å². The van der Waals surface area contributed by atoms with E-state index in [4.69, 9.17) is 9.47 Å². The van der Waals surface area contributed by atoms with Crippen LogP contribution in [0, 0.1) is 0 Å². The van der Waals surface area contributed by atoms with Gasteiger partial charge in [0.05, 0.1) is 18.8 Å². The Morgan fingerprint density at radius 2 is 2.20 bits per heavy atom. The molecule has 1 aliphatic rings. The summed E-state index contributed by atoms with van der Waals surface area (Å²) < 4.78 is 10.6. The first-order valence-electron chi connectivity index (χ1n) is 6.97. The van der Waals surface area contributed by atoms with Crippen molar-refractivity contribution >= 4 is 6.09 Å². The van der Waals surface area contributed by atoms with Gasteiger partial charge in [-0.1, -0.05) is 43.7 Å². The van der Waals surface area contributed by atoms with Crippen molar-refractivity contribution in [2.75, 3.05) is 6.61 Å². The van der Waals surface area contributed by atoms with Crippen LogP contribution >= 0.6 is 0 Å². The molecular weight excluding hydrogens is 258 g/mol. The van der Waals surface area contributed by atoms with Gasteiger partial charge in [-0.2, -0.15) is 0 Å². The Bertz CT molecular complexity index is 423. The zero-order valence-corrected chi connectivity index (χ0v) is 11.6. The van der Waals surface area contributed by atoms with Gasteiger partial charge in [0, 0.05) is 0 Å². The van der Waals surface area contributed by atoms with Crippen LogP contribution in [0.3, 0.4) is 0 Å². The minimum atomic E-state index is -0.759. The van der Waals surface area contributed by atoms with E-state index in [9.17, 15) is 9.90 Å². The van der Waals surface area contributed by atoms with Gasteiger partial charge in [-0.25, -0.2) is 4.79 Å². The van der Waals surface area contributed by atoms with Gasteiger partial charge in [-0.15, -0.1) is 0 Å². The van der Waals surface area contributed by atoms with Gasteiger partial charge in [0.15, 0.2) is 0 Å². The number of hydrogen-bond acceptors (Lipinski definition) is 4. The molecule has 1 aromatic carbocycles. The lowest BCUT2D eigenvalue weighted by Crippen LogP contribution is -2.46. The maximum absolute atomic E-state index is 11.0. The number of amides is 1. The van der Waals surface area contributed by atoms with Gasteiger partial charge >= 0.3 is 6.09 Å². The van der Waals surface area contributed by atoms with E-state index in [1.807, 2.05) is 37.3 Å². The normalized spacial score (nSPS) is 21.1. The summed E-state index contributed by atoms with van der Waals surface area (Å²) in [4.78, 5) is 11.0. The van der Waals surface area contributed by atoms with Crippen molar-refractivity contribution in [2.45, 2.75) is 44.6 Å². The monoisotopic (exact) mass is 279 g/mol. The zero-order chi connectivity index (χ0) is 14.4. The van der Waals surface area contributed by atoms with Crippen LogP contribution in [0.15, 0.2) is 30.3 Å². The summed E-state index contributed by atoms with van der Waals surface area (Å²) in [5, 5.41) is 12.9. The van der Waals surface area contributed by atoms with Crippen molar-refractivity contribution in [3.8, 4) is 0 Å². The largest absolute Gasteiger partial charge is 0.447 e. The van der Waals surface area contributed by atoms with E-state index >= 15 is 0 Å². The SMILES string of the molecule is CCC[C@@H](OCc1ccccc1)[C@@H](O)[C@@H]1COC(=O)N1. The molecule has 5 nitrogen and oxygen atoms in total. The maximum atomic E-state index is 11.0. The first-order valence-corrected chi connectivity index (χ1v) is 6.97. The molecule has 20 heavy (non-hydrogen) atoms. The molecule has 1 fully saturated rings. The molecule has 1 aliphatic heterocycles. The van der Waals surface area contributed by atoms with Crippen LogP contribution in [0.2, 0.25) is 0 Å². The molecule has 0 radical (unpaired) electrons. The van der Waals surface area contributed by atoms with E-state index in [0.717, 1.165) is 18.4 Å². The number of hydrogen-bond donors (Lipinski definition) is 2. The second-order valence-corrected chi connectivity index (χ2v) is 4.96. The summed E-state index contributed by atoms with van der Waals surface area (Å²) in [6.07, 6.45) is 0.0861. The van der Waals surface area contributed by atoms with E-state index in [0.29, 0.717) is 6.61 Å². The number of aliphatic hydroxyl groups excluding tert-OH is 1. The Morgan fingerprint density at radius 3 is 2.80 bits per heavy atom. The van der Waals surface area contributed by atoms with E-state index in [2.05, 4.69) is 5.32 Å². The van der Waals surface area contributed by atoms with Crippen LogP contribution in [-0.2, 0) is 16.1 Å². The van der Waals surface area contributed by atoms with E-state index in [-0.39, 0.29) is 12.7 Å². The molecule has 1 amide bonds. The van der Waals surface area contributed by atoms with Crippen molar-refractivity contribution < 1.29 is 19.4 Å². The molecule has 1 aromatic rings. The topological polar surface area (TPSA) is 67.8 Å². The fourth-order valence-corrected chi connectivity index (χ4v) is 2.26. The summed E-state index contributed by atoms with van der Waals surface area (Å²) in [5.74, 6) is 0. The molecule has 0 spiro atoms. The molecule has 0 bridgehead atoms. The molecule has 2 N–H and O–H groups in total. The second-order valence-electron chi connectivity index (χ2n) is 4.96. The number of nitrogens with one attached hydrogen (secondary N) is 1. The van der Waals surface area contributed by atoms with Crippen LogP contribution in [0.25, 0.3) is 0 Å². The minimum absolute atomic E-state index is 0.189. The Labute approximate surface area is 118 Å². The number of rotatable bonds is 7. The Kier molecular flexibility index (Phi) is 5.38. The third kappa shape index (κ3) is 3.95. The summed E-state index contributed by atoms with van der Waals surface area (Å²) in [6, 6.07) is 9.43. The Morgan fingerprint density at radius 1 is 1.45 bits per heavy atom. The van der Waals surface area contributed by atoms with Gasteiger partial charge in [0.2, 0.25) is 0 Å². The van der Waals surface area contributed by atoms with Gasteiger partial charge < -0.3 is 19.9 Å². The fraction of sp³-hybridized carbons (Fsp3) is 0.533. The fourth-order valence-electron chi connectivity index (χ4n) is 2.26. The summed E-state index contributed by atoms with van der Waals surface area (Å²) >= 11 is 0. The number of aliphatic hydroxyl groups is 1. The predicted molar refractivity (Wildman–Crippen MR) is 74.2 cm³/mol. The molecule has 0 saturated carbocycles. The molecule has 0 unspecified atom stereocenters. The second kappa shape index (κ2) is 7.26. The van der Waals surface area contributed by atoms with Crippen LogP contribution in [0.4, 0.5) is 4.79 Å². The number of cyclic esters (lactones) is 1. The third-order valence-corrected chi connectivity index (χ3v) is 3.37. The number of carbonyl (C=O) groups excluding carboxylic acids is 1. The Hall–Kier alpha value is -1.59. The van der Waals surface area contributed by atoms with Gasteiger partial charge in [-0.05, 0) is 12.0 Å². The quantitative estimate of drug-likeness (QED) is 0.799. The highest BCUT2D eigenvalue weighted by Crippen LogP contribution is 2.16. The lowest BCUT2D eigenvalue weighted by atomic mass is 10.0. The molecule has 2 rings (SSSR count). The highest BCUT2D eigenvalue weighted by Gasteiger charge is 2.34. The highest BCUT2D eigenvalue weighted by molar-refractivity contribution is 5.69. The number of alkyl carbamates (subject to hydrolysis) is 1. The maximum Gasteiger partial charge on any atom is 0.407 e.